The summed E-state index contributed by atoms with van der Waals surface area (Å²) in [5.41, 5.74) is 2.67. The van der Waals surface area contributed by atoms with Gasteiger partial charge in [0.15, 0.2) is 0 Å². The lowest BCUT2D eigenvalue weighted by Crippen LogP contribution is -2.10. The quantitative estimate of drug-likeness (QED) is 0.904. The van der Waals surface area contributed by atoms with Crippen LogP contribution >= 0.6 is 15.9 Å². The van der Waals surface area contributed by atoms with E-state index < -0.39 is 0 Å². The maximum absolute atomic E-state index is 3.56. The molecule has 15 heavy (non-hydrogen) atoms. The summed E-state index contributed by atoms with van der Waals surface area (Å²) in [5, 5.41) is 4.45. The second kappa shape index (κ2) is 4.37. The molecule has 3 heteroatoms. The van der Waals surface area contributed by atoms with E-state index in [1.807, 2.05) is 7.05 Å². The Balaban J connectivity index is 2.41. The summed E-state index contributed by atoms with van der Waals surface area (Å²) in [6.07, 6.45) is 3.18. The van der Waals surface area contributed by atoms with E-state index in [9.17, 15) is 0 Å². The molecule has 80 valence electrons. The molecule has 0 fully saturated rings. The van der Waals surface area contributed by atoms with Gasteiger partial charge in [0.05, 0.1) is 0 Å². The number of aromatic nitrogens is 1. The number of likely N-dealkylation sites (N-methyl/N-ethyl adjacent to an activating group) is 1. The molecule has 1 N–H and O–H groups in total. The predicted octanol–water partition coefficient (Wildman–Crippen LogP) is 2.70. The third kappa shape index (κ3) is 2.08. The first kappa shape index (κ1) is 10.7. The number of nitrogens with one attached hydrogen (secondary N) is 1. The molecule has 0 atom stereocenters. The number of nitrogens with zero attached hydrogens (tertiary/aromatic N) is 1. The van der Waals surface area contributed by atoms with Gasteiger partial charge in [-0.15, -0.1) is 0 Å². The molecule has 2 nitrogen and oxygen atoms in total. The molecule has 1 aromatic carbocycles. The first-order chi connectivity index (χ1) is 7.22. The second-order valence-corrected chi connectivity index (χ2v) is 4.65. The first-order valence-electron chi connectivity index (χ1n) is 5.10. The van der Waals surface area contributed by atoms with Gasteiger partial charge in [-0.1, -0.05) is 12.1 Å². The second-order valence-electron chi connectivity index (χ2n) is 3.79. The van der Waals surface area contributed by atoms with Crippen molar-refractivity contribution in [3.05, 3.63) is 34.4 Å². The van der Waals surface area contributed by atoms with Crippen LogP contribution in [-0.2, 0) is 13.5 Å². The minimum absolute atomic E-state index is 1.02. The number of aryl methyl sites for hydroxylation is 1. The minimum atomic E-state index is 1.02. The maximum atomic E-state index is 3.56. The molecule has 0 aliphatic carbocycles. The average molecular weight is 267 g/mol. The highest BCUT2D eigenvalue weighted by Gasteiger charge is 2.04. The Morgan fingerprint density at radius 3 is 2.93 bits per heavy atom. The van der Waals surface area contributed by atoms with E-state index in [-0.39, 0.29) is 0 Å². The zero-order valence-electron chi connectivity index (χ0n) is 9.05. The molecular weight excluding hydrogens is 252 g/mol. The van der Waals surface area contributed by atoms with Crippen LogP contribution in [-0.4, -0.2) is 18.2 Å². The van der Waals surface area contributed by atoms with E-state index >= 15 is 0 Å². The van der Waals surface area contributed by atoms with Crippen LogP contribution in [0.1, 0.15) is 5.56 Å². The monoisotopic (exact) mass is 266 g/mol. The molecule has 1 aromatic heterocycles. The number of hydrogen-bond donors (Lipinski definition) is 1. The number of halogens is 1. The summed E-state index contributed by atoms with van der Waals surface area (Å²) in [6, 6.07) is 6.65. The fraction of sp³-hybridized carbons (Fsp3) is 0.333. The van der Waals surface area contributed by atoms with Crippen LogP contribution in [0.5, 0.6) is 0 Å². The predicted molar refractivity (Wildman–Crippen MR) is 68.2 cm³/mol. The lowest BCUT2D eigenvalue weighted by atomic mass is 10.1. The molecule has 2 aromatic rings. The van der Waals surface area contributed by atoms with Gasteiger partial charge in [0.1, 0.15) is 0 Å². The topological polar surface area (TPSA) is 17.0 Å². The SMILES string of the molecule is CNCCc1ccc2c(Br)cn(C)c2c1. The van der Waals surface area contributed by atoms with E-state index in [0.717, 1.165) is 13.0 Å². The minimum Gasteiger partial charge on any atom is -0.349 e. The van der Waals surface area contributed by atoms with Crippen LogP contribution in [0.15, 0.2) is 28.9 Å². The smallest absolute Gasteiger partial charge is 0.0492 e. The van der Waals surface area contributed by atoms with Crippen LogP contribution in [0.25, 0.3) is 10.9 Å². The molecule has 0 radical (unpaired) electrons. The van der Waals surface area contributed by atoms with E-state index in [1.165, 1.54) is 20.9 Å². The Bertz CT molecular complexity index is 474. The van der Waals surface area contributed by atoms with Crippen molar-refractivity contribution >= 4 is 26.8 Å². The lowest BCUT2D eigenvalue weighted by molar-refractivity contribution is 0.792. The normalized spacial score (nSPS) is 11.1. The lowest BCUT2D eigenvalue weighted by Gasteiger charge is -2.02. The van der Waals surface area contributed by atoms with Crippen molar-refractivity contribution in [1.29, 1.82) is 0 Å². The summed E-state index contributed by atoms with van der Waals surface area (Å²) >= 11 is 3.56. The van der Waals surface area contributed by atoms with Crippen molar-refractivity contribution in [2.45, 2.75) is 6.42 Å². The summed E-state index contributed by atoms with van der Waals surface area (Å²) in [5.74, 6) is 0. The third-order valence-electron chi connectivity index (χ3n) is 2.67. The fourth-order valence-electron chi connectivity index (χ4n) is 1.80. The van der Waals surface area contributed by atoms with Crippen molar-refractivity contribution in [1.82, 2.24) is 9.88 Å². The van der Waals surface area contributed by atoms with Gasteiger partial charge in [-0.25, -0.2) is 0 Å². The molecule has 0 spiro atoms. The summed E-state index contributed by atoms with van der Waals surface area (Å²) in [6.45, 7) is 1.02. The van der Waals surface area contributed by atoms with Crippen molar-refractivity contribution < 1.29 is 0 Å². The zero-order chi connectivity index (χ0) is 10.8. The van der Waals surface area contributed by atoms with Crippen LogP contribution in [0.3, 0.4) is 0 Å². The Morgan fingerprint density at radius 2 is 2.20 bits per heavy atom. The van der Waals surface area contributed by atoms with Gasteiger partial charge >= 0.3 is 0 Å². The highest BCUT2D eigenvalue weighted by Crippen LogP contribution is 2.26. The molecule has 0 bridgehead atoms. The van der Waals surface area contributed by atoms with Gasteiger partial charge in [0.25, 0.3) is 0 Å². The highest BCUT2D eigenvalue weighted by atomic mass is 79.9. The average Bonchev–Trinajstić information content (AvgIpc) is 2.52. The van der Waals surface area contributed by atoms with Gasteiger partial charge in [0, 0.05) is 28.6 Å². The Morgan fingerprint density at radius 1 is 1.40 bits per heavy atom. The standard InChI is InChI=1S/C12H15BrN2/c1-14-6-5-9-3-4-10-11(13)8-15(2)12(10)7-9/h3-4,7-8,14H,5-6H2,1-2H3. The largest absolute Gasteiger partial charge is 0.349 e. The Hall–Kier alpha value is -0.800. The molecule has 1 heterocycles. The van der Waals surface area contributed by atoms with Crippen molar-refractivity contribution in [3.63, 3.8) is 0 Å². The molecule has 0 saturated carbocycles. The molecule has 0 aliphatic heterocycles. The molecule has 2 rings (SSSR count). The van der Waals surface area contributed by atoms with Crippen LogP contribution in [0, 0.1) is 0 Å². The maximum Gasteiger partial charge on any atom is 0.0492 e. The van der Waals surface area contributed by atoms with E-state index in [4.69, 9.17) is 0 Å². The number of rotatable bonds is 3. The van der Waals surface area contributed by atoms with Gasteiger partial charge in [-0.3, -0.25) is 0 Å². The number of fused-ring (bicyclic) bond motifs is 1. The molecule has 0 aliphatic rings. The van der Waals surface area contributed by atoms with Crippen LogP contribution in [0.2, 0.25) is 0 Å². The molecular formula is C12H15BrN2. The summed E-state index contributed by atoms with van der Waals surface area (Å²) in [4.78, 5) is 0. The van der Waals surface area contributed by atoms with Gasteiger partial charge in [0.2, 0.25) is 0 Å². The van der Waals surface area contributed by atoms with Crippen molar-refractivity contribution in [3.8, 4) is 0 Å². The van der Waals surface area contributed by atoms with Crippen molar-refractivity contribution in [2.24, 2.45) is 7.05 Å². The Kier molecular flexibility index (Phi) is 3.12. The van der Waals surface area contributed by atoms with Crippen molar-refractivity contribution in [2.75, 3.05) is 13.6 Å². The van der Waals surface area contributed by atoms with Gasteiger partial charge in [-0.05, 0) is 47.6 Å². The Labute approximate surface area is 98.4 Å². The summed E-state index contributed by atoms with van der Waals surface area (Å²) < 4.78 is 3.32. The fourth-order valence-corrected chi connectivity index (χ4v) is 2.45. The first-order valence-corrected chi connectivity index (χ1v) is 5.89. The number of benzene rings is 1. The van der Waals surface area contributed by atoms with E-state index in [2.05, 4.69) is 57.3 Å². The van der Waals surface area contributed by atoms with E-state index in [1.54, 1.807) is 0 Å². The molecule has 0 saturated heterocycles. The van der Waals surface area contributed by atoms with Gasteiger partial charge < -0.3 is 9.88 Å². The van der Waals surface area contributed by atoms with E-state index in [0.29, 0.717) is 0 Å². The van der Waals surface area contributed by atoms with Gasteiger partial charge in [-0.2, -0.15) is 0 Å². The number of hydrogen-bond acceptors (Lipinski definition) is 1. The molecule has 0 amide bonds. The summed E-state index contributed by atoms with van der Waals surface area (Å²) in [7, 11) is 4.06. The van der Waals surface area contributed by atoms with Crippen LogP contribution < -0.4 is 5.32 Å². The molecule has 0 unspecified atom stereocenters. The third-order valence-corrected chi connectivity index (χ3v) is 3.30. The van der Waals surface area contributed by atoms with Crippen LogP contribution in [0.4, 0.5) is 0 Å². The highest BCUT2D eigenvalue weighted by molar-refractivity contribution is 9.10. The zero-order valence-corrected chi connectivity index (χ0v) is 10.6.